The summed E-state index contributed by atoms with van der Waals surface area (Å²) in [6.45, 7) is 1.55. The second-order valence-corrected chi connectivity index (χ2v) is 6.28. The van der Waals surface area contributed by atoms with Gasteiger partial charge < -0.3 is 4.74 Å². The van der Waals surface area contributed by atoms with Crippen molar-refractivity contribution in [2.24, 2.45) is 14.1 Å². The van der Waals surface area contributed by atoms with Crippen LogP contribution in [0.15, 0.2) is 39.9 Å². The quantitative estimate of drug-likeness (QED) is 0.851. The van der Waals surface area contributed by atoms with E-state index in [1.54, 1.807) is 24.8 Å². The molecule has 1 aliphatic heterocycles. The van der Waals surface area contributed by atoms with Crippen LogP contribution in [0.5, 0.6) is 5.75 Å². The monoisotopic (exact) mass is 329 g/mol. The zero-order valence-electron chi connectivity index (χ0n) is 14.4. The smallest absolute Gasteiger partial charge is 0.330 e. The Bertz CT molecular complexity index is 836. The van der Waals surface area contributed by atoms with Gasteiger partial charge >= 0.3 is 5.69 Å². The predicted molar refractivity (Wildman–Crippen MR) is 92.3 cm³/mol. The first-order valence-electron chi connectivity index (χ1n) is 8.15. The van der Waals surface area contributed by atoms with Crippen molar-refractivity contribution >= 4 is 0 Å². The molecule has 0 unspecified atom stereocenters. The van der Waals surface area contributed by atoms with Crippen molar-refractivity contribution in [3.63, 3.8) is 0 Å². The molecule has 6 nitrogen and oxygen atoms in total. The largest absolute Gasteiger partial charge is 0.497 e. The van der Waals surface area contributed by atoms with Crippen molar-refractivity contribution in [1.82, 2.24) is 14.0 Å². The first-order valence-corrected chi connectivity index (χ1v) is 8.15. The van der Waals surface area contributed by atoms with Crippen LogP contribution in [-0.4, -0.2) is 27.7 Å². The summed E-state index contributed by atoms with van der Waals surface area (Å²) in [5, 5.41) is 0. The summed E-state index contributed by atoms with van der Waals surface area (Å²) in [5.41, 5.74) is 1.46. The fraction of sp³-hybridized carbons (Fsp3) is 0.444. The van der Waals surface area contributed by atoms with E-state index in [2.05, 4.69) is 17.0 Å². The Kier molecular flexibility index (Phi) is 4.57. The molecule has 0 spiro atoms. The Morgan fingerprint density at radius 3 is 2.50 bits per heavy atom. The third-order valence-corrected chi connectivity index (χ3v) is 4.85. The van der Waals surface area contributed by atoms with Crippen molar-refractivity contribution in [3.8, 4) is 5.75 Å². The fourth-order valence-electron chi connectivity index (χ4n) is 3.36. The van der Waals surface area contributed by atoms with Crippen LogP contribution in [0.1, 0.15) is 30.1 Å². The molecule has 1 aromatic carbocycles. The molecule has 2 aromatic rings. The standard InChI is InChI=1S/C18H23N3O3/c1-19-14(11-17(22)20(2)18(19)23)12-21-10-4-5-16(21)13-6-8-15(24-3)9-7-13/h6-9,11,16H,4-5,10,12H2,1-3H3/t16-/m0/s1. The number of hydrogen-bond acceptors (Lipinski definition) is 4. The van der Waals surface area contributed by atoms with Crippen LogP contribution in [-0.2, 0) is 20.6 Å². The van der Waals surface area contributed by atoms with Crippen molar-refractivity contribution in [2.75, 3.05) is 13.7 Å². The van der Waals surface area contributed by atoms with E-state index < -0.39 is 0 Å². The van der Waals surface area contributed by atoms with E-state index in [0.717, 1.165) is 35.4 Å². The minimum absolute atomic E-state index is 0.256. The summed E-state index contributed by atoms with van der Waals surface area (Å²) in [6.07, 6.45) is 2.18. The number of benzene rings is 1. The molecule has 0 radical (unpaired) electrons. The Balaban J connectivity index is 1.86. The molecule has 1 aliphatic rings. The van der Waals surface area contributed by atoms with Gasteiger partial charge in [-0.3, -0.25) is 18.8 Å². The highest BCUT2D eigenvalue weighted by Crippen LogP contribution is 2.33. The molecular formula is C18H23N3O3. The molecule has 6 heteroatoms. The maximum atomic E-state index is 12.1. The predicted octanol–water partition coefficient (Wildman–Crippen LogP) is 1.43. The first kappa shape index (κ1) is 16.5. The Labute approximate surface area is 140 Å². The van der Waals surface area contributed by atoms with Gasteiger partial charge in [0.2, 0.25) is 0 Å². The van der Waals surface area contributed by atoms with Crippen LogP contribution in [0.25, 0.3) is 0 Å². The van der Waals surface area contributed by atoms with Crippen LogP contribution in [0.2, 0.25) is 0 Å². The molecule has 24 heavy (non-hydrogen) atoms. The molecule has 0 N–H and O–H groups in total. The molecule has 2 heterocycles. The molecule has 0 amide bonds. The third-order valence-electron chi connectivity index (χ3n) is 4.85. The number of likely N-dealkylation sites (tertiary alicyclic amines) is 1. The highest BCUT2D eigenvalue weighted by atomic mass is 16.5. The van der Waals surface area contributed by atoms with Gasteiger partial charge in [-0.2, -0.15) is 0 Å². The van der Waals surface area contributed by atoms with Gasteiger partial charge in [0.25, 0.3) is 5.56 Å². The lowest BCUT2D eigenvalue weighted by atomic mass is 10.0. The highest BCUT2D eigenvalue weighted by Gasteiger charge is 2.26. The van der Waals surface area contributed by atoms with Gasteiger partial charge in [0, 0.05) is 38.4 Å². The summed E-state index contributed by atoms with van der Waals surface area (Å²) in [7, 11) is 4.88. The molecular weight excluding hydrogens is 306 g/mol. The topological polar surface area (TPSA) is 56.5 Å². The fourth-order valence-corrected chi connectivity index (χ4v) is 3.36. The van der Waals surface area contributed by atoms with Crippen molar-refractivity contribution in [2.45, 2.75) is 25.4 Å². The molecule has 1 aromatic heterocycles. The average Bonchev–Trinajstić information content (AvgIpc) is 3.06. The zero-order valence-corrected chi connectivity index (χ0v) is 14.4. The third kappa shape index (κ3) is 3.01. The van der Waals surface area contributed by atoms with Crippen LogP contribution in [0.3, 0.4) is 0 Å². The van der Waals surface area contributed by atoms with Gasteiger partial charge in [-0.05, 0) is 37.1 Å². The molecule has 1 fully saturated rings. The Morgan fingerprint density at radius 2 is 1.83 bits per heavy atom. The number of aromatic nitrogens is 2. The zero-order chi connectivity index (χ0) is 17.3. The number of methoxy groups -OCH3 is 1. The maximum absolute atomic E-state index is 12.1. The number of rotatable bonds is 4. The lowest BCUT2D eigenvalue weighted by Crippen LogP contribution is -2.39. The van der Waals surface area contributed by atoms with E-state index in [-0.39, 0.29) is 11.2 Å². The molecule has 1 saturated heterocycles. The second-order valence-electron chi connectivity index (χ2n) is 6.28. The van der Waals surface area contributed by atoms with Gasteiger partial charge in [0.05, 0.1) is 7.11 Å². The number of hydrogen-bond donors (Lipinski definition) is 0. The number of nitrogens with zero attached hydrogens (tertiary/aromatic N) is 3. The Hall–Kier alpha value is -2.34. The summed E-state index contributed by atoms with van der Waals surface area (Å²) in [4.78, 5) is 26.4. The minimum atomic E-state index is -0.280. The van der Waals surface area contributed by atoms with Crippen LogP contribution in [0.4, 0.5) is 0 Å². The maximum Gasteiger partial charge on any atom is 0.330 e. The van der Waals surface area contributed by atoms with Crippen LogP contribution in [0, 0.1) is 0 Å². The van der Waals surface area contributed by atoms with Gasteiger partial charge in [0.15, 0.2) is 0 Å². The van der Waals surface area contributed by atoms with Gasteiger partial charge in [-0.25, -0.2) is 4.79 Å². The van der Waals surface area contributed by atoms with E-state index in [1.807, 2.05) is 12.1 Å². The van der Waals surface area contributed by atoms with Crippen molar-refractivity contribution in [3.05, 3.63) is 62.4 Å². The lowest BCUT2D eigenvalue weighted by Gasteiger charge is -2.25. The van der Waals surface area contributed by atoms with Gasteiger partial charge in [-0.15, -0.1) is 0 Å². The second kappa shape index (κ2) is 6.65. The molecule has 0 aliphatic carbocycles. The summed E-state index contributed by atoms with van der Waals surface area (Å²) in [6, 6.07) is 9.98. The molecule has 128 valence electrons. The molecule has 1 atom stereocenters. The van der Waals surface area contributed by atoms with Crippen LogP contribution >= 0.6 is 0 Å². The van der Waals surface area contributed by atoms with E-state index in [0.29, 0.717) is 12.6 Å². The minimum Gasteiger partial charge on any atom is -0.497 e. The molecule has 3 rings (SSSR count). The molecule has 0 bridgehead atoms. The van der Waals surface area contributed by atoms with Crippen molar-refractivity contribution < 1.29 is 4.74 Å². The van der Waals surface area contributed by atoms with Gasteiger partial charge in [-0.1, -0.05) is 12.1 Å². The summed E-state index contributed by atoms with van der Waals surface area (Å²) in [5.74, 6) is 0.845. The SMILES string of the molecule is COc1ccc([C@@H]2CCCN2Cc2cc(=O)n(C)c(=O)n2C)cc1. The summed E-state index contributed by atoms with van der Waals surface area (Å²) >= 11 is 0. The van der Waals surface area contributed by atoms with E-state index in [9.17, 15) is 9.59 Å². The Morgan fingerprint density at radius 1 is 1.12 bits per heavy atom. The lowest BCUT2D eigenvalue weighted by molar-refractivity contribution is 0.241. The van der Waals surface area contributed by atoms with E-state index in [1.165, 1.54) is 12.6 Å². The van der Waals surface area contributed by atoms with Crippen molar-refractivity contribution in [1.29, 1.82) is 0 Å². The van der Waals surface area contributed by atoms with E-state index in [4.69, 9.17) is 4.74 Å². The highest BCUT2D eigenvalue weighted by molar-refractivity contribution is 5.29. The van der Waals surface area contributed by atoms with E-state index >= 15 is 0 Å². The number of ether oxygens (including phenoxy) is 1. The normalized spacial score (nSPS) is 18.0. The molecule has 0 saturated carbocycles. The summed E-state index contributed by atoms with van der Waals surface area (Å²) < 4.78 is 7.91. The average molecular weight is 329 g/mol. The van der Waals surface area contributed by atoms with Gasteiger partial charge in [0.1, 0.15) is 5.75 Å². The first-order chi connectivity index (χ1) is 11.5. The van der Waals surface area contributed by atoms with Crippen LogP contribution < -0.4 is 16.0 Å².